The molecule has 1 atom stereocenters. The molecule has 2 nitrogen and oxygen atoms in total. The van der Waals surface area contributed by atoms with Crippen molar-refractivity contribution in [2.24, 2.45) is 0 Å². The summed E-state index contributed by atoms with van der Waals surface area (Å²) < 4.78 is 5.29. The molecule has 0 saturated carbocycles. The first kappa shape index (κ1) is 10.5. The fourth-order valence-corrected chi connectivity index (χ4v) is 2.17. The molecular weight excluding hydrogens is 210 g/mol. The highest BCUT2D eigenvalue weighted by Gasteiger charge is 2.16. The van der Waals surface area contributed by atoms with E-state index < -0.39 is 0 Å². The molecule has 0 aliphatic heterocycles. The van der Waals surface area contributed by atoms with Crippen LogP contribution in [0.3, 0.4) is 0 Å². The molecule has 1 aromatic rings. The Balaban J connectivity index is 2.36. The molecule has 0 fully saturated rings. The number of halogens is 1. The Morgan fingerprint density at radius 3 is 3.13 bits per heavy atom. The smallest absolute Gasteiger partial charge is 0.144 e. The highest BCUT2D eigenvalue weighted by Crippen LogP contribution is 2.32. The van der Waals surface area contributed by atoms with Gasteiger partial charge in [-0.1, -0.05) is 6.08 Å². The number of alkyl halides is 1. The molecule has 2 rings (SSSR count). The summed E-state index contributed by atoms with van der Waals surface area (Å²) in [5.74, 6) is 0.828. The van der Waals surface area contributed by atoms with Crippen molar-refractivity contribution < 1.29 is 4.74 Å². The van der Waals surface area contributed by atoms with Crippen LogP contribution in [-0.4, -0.2) is 17.5 Å². The first-order valence-electron chi connectivity index (χ1n) is 5.15. The highest BCUT2D eigenvalue weighted by molar-refractivity contribution is 6.22. The summed E-state index contributed by atoms with van der Waals surface area (Å²) in [6, 6.07) is 3.81. The average molecular weight is 224 g/mol. The molecular formula is C12H14ClNO. The van der Waals surface area contributed by atoms with Gasteiger partial charge in [-0.15, -0.1) is 11.6 Å². The Morgan fingerprint density at radius 1 is 1.53 bits per heavy atom. The Kier molecular flexibility index (Phi) is 3.27. The molecule has 80 valence electrons. The standard InChI is InChI=1S/C12H14ClNO/c1-15-11-6-3-7-14-12(11)9-4-2-5-10(13)8-9/h3,6-8,10H,2,4-5H2,1H3. The topological polar surface area (TPSA) is 22.1 Å². The summed E-state index contributed by atoms with van der Waals surface area (Å²) in [5, 5.41) is 0.139. The summed E-state index contributed by atoms with van der Waals surface area (Å²) in [5.41, 5.74) is 2.14. The van der Waals surface area contributed by atoms with E-state index in [1.54, 1.807) is 13.3 Å². The minimum absolute atomic E-state index is 0.139. The molecule has 0 spiro atoms. The molecule has 0 bridgehead atoms. The summed E-state index contributed by atoms with van der Waals surface area (Å²) in [6.45, 7) is 0. The SMILES string of the molecule is COc1cccnc1C1=CC(Cl)CCC1. The Morgan fingerprint density at radius 2 is 2.40 bits per heavy atom. The fourth-order valence-electron chi connectivity index (χ4n) is 1.87. The average Bonchev–Trinajstić information content (AvgIpc) is 2.29. The number of hydrogen-bond acceptors (Lipinski definition) is 2. The van der Waals surface area contributed by atoms with E-state index in [-0.39, 0.29) is 5.38 Å². The lowest BCUT2D eigenvalue weighted by atomic mass is 9.96. The van der Waals surface area contributed by atoms with Gasteiger partial charge in [0.15, 0.2) is 0 Å². The van der Waals surface area contributed by atoms with Crippen molar-refractivity contribution in [1.82, 2.24) is 4.98 Å². The van der Waals surface area contributed by atoms with Gasteiger partial charge < -0.3 is 4.74 Å². The summed E-state index contributed by atoms with van der Waals surface area (Å²) in [4.78, 5) is 4.36. The van der Waals surface area contributed by atoms with E-state index in [0.717, 1.165) is 30.7 Å². The van der Waals surface area contributed by atoms with E-state index in [4.69, 9.17) is 16.3 Å². The Bertz CT molecular complexity index is 376. The van der Waals surface area contributed by atoms with Crippen LogP contribution in [0.5, 0.6) is 5.75 Å². The second kappa shape index (κ2) is 4.67. The summed E-state index contributed by atoms with van der Waals surface area (Å²) >= 11 is 6.11. The van der Waals surface area contributed by atoms with Crippen molar-refractivity contribution in [3.8, 4) is 5.75 Å². The molecule has 15 heavy (non-hydrogen) atoms. The summed E-state index contributed by atoms with van der Waals surface area (Å²) in [6.07, 6.45) is 7.10. The van der Waals surface area contributed by atoms with Crippen molar-refractivity contribution in [1.29, 1.82) is 0 Å². The van der Waals surface area contributed by atoms with Crippen molar-refractivity contribution in [3.05, 3.63) is 30.1 Å². The molecule has 0 radical (unpaired) electrons. The predicted molar refractivity (Wildman–Crippen MR) is 62.3 cm³/mol. The van der Waals surface area contributed by atoms with Gasteiger partial charge in [0.25, 0.3) is 0 Å². The number of ether oxygens (including phenoxy) is 1. The lowest BCUT2D eigenvalue weighted by Gasteiger charge is -2.17. The van der Waals surface area contributed by atoms with Gasteiger partial charge in [0.1, 0.15) is 11.4 Å². The van der Waals surface area contributed by atoms with Gasteiger partial charge in [-0.05, 0) is 37.0 Å². The zero-order chi connectivity index (χ0) is 10.7. The van der Waals surface area contributed by atoms with Gasteiger partial charge in [-0.25, -0.2) is 0 Å². The first-order chi connectivity index (χ1) is 7.31. The van der Waals surface area contributed by atoms with E-state index in [0.29, 0.717) is 0 Å². The molecule has 1 unspecified atom stereocenters. The number of aromatic nitrogens is 1. The van der Waals surface area contributed by atoms with E-state index in [9.17, 15) is 0 Å². The molecule has 0 N–H and O–H groups in total. The zero-order valence-electron chi connectivity index (χ0n) is 8.74. The molecule has 0 saturated heterocycles. The fraction of sp³-hybridized carbons (Fsp3) is 0.417. The van der Waals surface area contributed by atoms with E-state index in [1.807, 2.05) is 12.1 Å². The van der Waals surface area contributed by atoms with Gasteiger partial charge in [0.2, 0.25) is 0 Å². The monoisotopic (exact) mass is 223 g/mol. The molecule has 1 aliphatic rings. The molecule has 0 amide bonds. The minimum atomic E-state index is 0.139. The maximum absolute atomic E-state index is 6.11. The first-order valence-corrected chi connectivity index (χ1v) is 5.59. The number of methoxy groups -OCH3 is 1. The Hall–Kier alpha value is -1.02. The second-order valence-electron chi connectivity index (χ2n) is 3.65. The van der Waals surface area contributed by atoms with Crippen molar-refractivity contribution in [3.63, 3.8) is 0 Å². The van der Waals surface area contributed by atoms with Gasteiger partial charge in [0.05, 0.1) is 12.5 Å². The van der Waals surface area contributed by atoms with Crippen LogP contribution in [0.25, 0.3) is 5.57 Å². The van der Waals surface area contributed by atoms with Gasteiger partial charge in [0, 0.05) is 6.20 Å². The number of rotatable bonds is 2. The maximum Gasteiger partial charge on any atom is 0.144 e. The molecule has 1 aromatic heterocycles. The number of pyridine rings is 1. The van der Waals surface area contributed by atoms with Crippen molar-refractivity contribution >= 4 is 17.2 Å². The van der Waals surface area contributed by atoms with Crippen LogP contribution in [-0.2, 0) is 0 Å². The highest BCUT2D eigenvalue weighted by atomic mass is 35.5. The molecule has 1 aliphatic carbocycles. The summed E-state index contributed by atoms with van der Waals surface area (Å²) in [7, 11) is 1.67. The van der Waals surface area contributed by atoms with Gasteiger partial charge in [-0.3, -0.25) is 4.98 Å². The van der Waals surface area contributed by atoms with Gasteiger partial charge >= 0.3 is 0 Å². The number of hydrogen-bond donors (Lipinski definition) is 0. The van der Waals surface area contributed by atoms with Crippen LogP contribution in [0.15, 0.2) is 24.4 Å². The van der Waals surface area contributed by atoms with E-state index >= 15 is 0 Å². The third-order valence-electron chi connectivity index (χ3n) is 2.60. The lowest BCUT2D eigenvalue weighted by Crippen LogP contribution is -2.04. The molecule has 0 aromatic carbocycles. The predicted octanol–water partition coefficient (Wildman–Crippen LogP) is 3.26. The Labute approximate surface area is 94.9 Å². The van der Waals surface area contributed by atoms with E-state index in [1.165, 1.54) is 5.57 Å². The molecule has 3 heteroatoms. The molecule has 1 heterocycles. The van der Waals surface area contributed by atoms with Crippen LogP contribution in [0.1, 0.15) is 25.0 Å². The van der Waals surface area contributed by atoms with Crippen LogP contribution < -0.4 is 4.74 Å². The lowest BCUT2D eigenvalue weighted by molar-refractivity contribution is 0.411. The number of nitrogens with zero attached hydrogens (tertiary/aromatic N) is 1. The zero-order valence-corrected chi connectivity index (χ0v) is 9.50. The number of allylic oxidation sites excluding steroid dienone is 2. The third-order valence-corrected chi connectivity index (χ3v) is 2.95. The van der Waals surface area contributed by atoms with Crippen LogP contribution >= 0.6 is 11.6 Å². The van der Waals surface area contributed by atoms with Crippen LogP contribution in [0.4, 0.5) is 0 Å². The van der Waals surface area contributed by atoms with Gasteiger partial charge in [-0.2, -0.15) is 0 Å². The van der Waals surface area contributed by atoms with Crippen molar-refractivity contribution in [2.45, 2.75) is 24.6 Å². The minimum Gasteiger partial charge on any atom is -0.494 e. The normalized spacial score (nSPS) is 20.9. The van der Waals surface area contributed by atoms with Crippen LogP contribution in [0.2, 0.25) is 0 Å². The maximum atomic E-state index is 6.11. The van der Waals surface area contributed by atoms with E-state index in [2.05, 4.69) is 11.1 Å². The second-order valence-corrected chi connectivity index (χ2v) is 4.21. The third kappa shape index (κ3) is 2.32. The quantitative estimate of drug-likeness (QED) is 0.718. The van der Waals surface area contributed by atoms with Crippen molar-refractivity contribution in [2.75, 3.05) is 7.11 Å². The van der Waals surface area contributed by atoms with Crippen LogP contribution in [0, 0.1) is 0 Å². The largest absolute Gasteiger partial charge is 0.494 e.